The van der Waals surface area contributed by atoms with Crippen LogP contribution in [-0.4, -0.2) is 13.1 Å². The van der Waals surface area contributed by atoms with Crippen LogP contribution in [0.25, 0.3) is 0 Å². The van der Waals surface area contributed by atoms with Gasteiger partial charge in [-0.3, -0.25) is 0 Å². The number of fused-ring (bicyclic) bond motifs is 1. The molecule has 2 rings (SSSR count). The van der Waals surface area contributed by atoms with E-state index in [1.165, 1.54) is 0 Å². The third kappa shape index (κ3) is 0.886. The summed E-state index contributed by atoms with van der Waals surface area (Å²) >= 11 is 0. The first-order valence-electron chi connectivity index (χ1n) is 3.62. The molecular formula is C8H10FN. The highest BCUT2D eigenvalue weighted by Gasteiger charge is 2.25. The third-order valence-corrected chi connectivity index (χ3v) is 2.19. The van der Waals surface area contributed by atoms with Gasteiger partial charge in [0.05, 0.1) is 0 Å². The van der Waals surface area contributed by atoms with Crippen molar-refractivity contribution in [1.82, 2.24) is 5.32 Å². The van der Waals surface area contributed by atoms with Crippen molar-refractivity contribution in [2.45, 2.75) is 0 Å². The van der Waals surface area contributed by atoms with Crippen LogP contribution in [0, 0.1) is 11.8 Å². The number of nitrogens with one attached hydrogen (secondary N) is 1. The second-order valence-electron chi connectivity index (χ2n) is 2.90. The number of halogens is 1. The zero-order valence-corrected chi connectivity index (χ0v) is 5.68. The summed E-state index contributed by atoms with van der Waals surface area (Å²) in [6.45, 7) is 1.94. The average molecular weight is 139 g/mol. The standard InChI is InChI=1S/C8H10FN/c9-8-2-1-6-4-10-5-7(6)3-8/h1-3,6-7,10H,4-5H2. The summed E-state index contributed by atoms with van der Waals surface area (Å²) in [4.78, 5) is 0. The Bertz CT molecular complexity index is 195. The van der Waals surface area contributed by atoms with Gasteiger partial charge in [0.25, 0.3) is 0 Å². The van der Waals surface area contributed by atoms with Crippen LogP contribution in [0.15, 0.2) is 24.1 Å². The third-order valence-electron chi connectivity index (χ3n) is 2.19. The molecule has 0 bridgehead atoms. The summed E-state index contributed by atoms with van der Waals surface area (Å²) in [6, 6.07) is 0. The van der Waals surface area contributed by atoms with Crippen molar-refractivity contribution < 1.29 is 4.39 Å². The SMILES string of the molecule is FC1=CC2CNCC2C=C1. The normalized spacial score (nSPS) is 37.5. The molecule has 1 nitrogen and oxygen atoms in total. The van der Waals surface area contributed by atoms with E-state index >= 15 is 0 Å². The summed E-state index contributed by atoms with van der Waals surface area (Å²) in [6.07, 6.45) is 5.23. The molecule has 1 N–H and O–H groups in total. The minimum absolute atomic E-state index is 0.0787. The van der Waals surface area contributed by atoms with Gasteiger partial charge in [0.2, 0.25) is 0 Å². The minimum atomic E-state index is -0.0787. The van der Waals surface area contributed by atoms with Gasteiger partial charge in [0, 0.05) is 13.1 Å². The number of hydrogen-bond donors (Lipinski definition) is 1. The van der Waals surface area contributed by atoms with Gasteiger partial charge in [-0.05, 0) is 24.0 Å². The molecule has 0 spiro atoms. The Morgan fingerprint density at radius 1 is 1.40 bits per heavy atom. The summed E-state index contributed by atoms with van der Waals surface area (Å²) in [5, 5.41) is 3.22. The molecule has 1 aliphatic carbocycles. The van der Waals surface area contributed by atoms with E-state index in [1.807, 2.05) is 6.08 Å². The van der Waals surface area contributed by atoms with Crippen molar-refractivity contribution in [2.24, 2.45) is 11.8 Å². The Balaban J connectivity index is 2.20. The maximum Gasteiger partial charge on any atom is 0.119 e. The van der Waals surface area contributed by atoms with Crippen molar-refractivity contribution >= 4 is 0 Å². The Hall–Kier alpha value is -0.630. The summed E-state index contributed by atoms with van der Waals surface area (Å²) < 4.78 is 12.6. The lowest BCUT2D eigenvalue weighted by atomic mass is 9.92. The zero-order valence-electron chi connectivity index (χ0n) is 5.68. The molecule has 2 aliphatic rings. The maximum atomic E-state index is 12.6. The molecule has 0 saturated carbocycles. The first-order chi connectivity index (χ1) is 4.86. The van der Waals surface area contributed by atoms with Gasteiger partial charge in [0.15, 0.2) is 0 Å². The average Bonchev–Trinajstić information content (AvgIpc) is 2.33. The highest BCUT2D eigenvalue weighted by atomic mass is 19.1. The lowest BCUT2D eigenvalue weighted by Crippen LogP contribution is -2.09. The van der Waals surface area contributed by atoms with Gasteiger partial charge in [-0.15, -0.1) is 0 Å². The van der Waals surface area contributed by atoms with E-state index in [0.29, 0.717) is 11.8 Å². The van der Waals surface area contributed by atoms with Gasteiger partial charge >= 0.3 is 0 Å². The Kier molecular flexibility index (Phi) is 1.34. The van der Waals surface area contributed by atoms with Gasteiger partial charge < -0.3 is 5.32 Å². The molecule has 0 amide bonds. The van der Waals surface area contributed by atoms with Crippen molar-refractivity contribution in [3.63, 3.8) is 0 Å². The topological polar surface area (TPSA) is 12.0 Å². The molecule has 0 aromatic heterocycles. The molecule has 2 heteroatoms. The van der Waals surface area contributed by atoms with Crippen LogP contribution >= 0.6 is 0 Å². The van der Waals surface area contributed by atoms with Crippen molar-refractivity contribution in [1.29, 1.82) is 0 Å². The molecule has 10 heavy (non-hydrogen) atoms. The summed E-state index contributed by atoms with van der Waals surface area (Å²) in [5.74, 6) is 0.870. The monoisotopic (exact) mass is 139 g/mol. The molecule has 1 saturated heterocycles. The number of hydrogen-bond acceptors (Lipinski definition) is 1. The van der Waals surface area contributed by atoms with E-state index in [0.717, 1.165) is 13.1 Å². The van der Waals surface area contributed by atoms with Gasteiger partial charge in [-0.25, -0.2) is 4.39 Å². The largest absolute Gasteiger partial charge is 0.316 e. The van der Waals surface area contributed by atoms with Crippen LogP contribution in [0.3, 0.4) is 0 Å². The first-order valence-corrected chi connectivity index (χ1v) is 3.62. The smallest absolute Gasteiger partial charge is 0.119 e. The fourth-order valence-corrected chi connectivity index (χ4v) is 1.59. The lowest BCUT2D eigenvalue weighted by molar-refractivity contribution is 0.551. The van der Waals surface area contributed by atoms with Crippen LogP contribution in [-0.2, 0) is 0 Å². The molecule has 0 radical (unpaired) electrons. The molecule has 0 aromatic rings. The lowest BCUT2D eigenvalue weighted by Gasteiger charge is -2.13. The molecule has 0 aromatic carbocycles. The predicted molar refractivity (Wildman–Crippen MR) is 38.2 cm³/mol. The van der Waals surface area contributed by atoms with Crippen LogP contribution in [0.2, 0.25) is 0 Å². The van der Waals surface area contributed by atoms with Crippen LogP contribution in [0.4, 0.5) is 4.39 Å². The van der Waals surface area contributed by atoms with E-state index in [1.54, 1.807) is 12.2 Å². The van der Waals surface area contributed by atoms with Crippen molar-refractivity contribution in [3.8, 4) is 0 Å². The molecule has 54 valence electrons. The van der Waals surface area contributed by atoms with Crippen molar-refractivity contribution in [2.75, 3.05) is 13.1 Å². The van der Waals surface area contributed by atoms with E-state index in [2.05, 4.69) is 5.32 Å². The van der Waals surface area contributed by atoms with Crippen molar-refractivity contribution in [3.05, 3.63) is 24.1 Å². The molecule has 2 atom stereocenters. The van der Waals surface area contributed by atoms with Crippen LogP contribution < -0.4 is 5.32 Å². The predicted octanol–water partition coefficient (Wildman–Crippen LogP) is 1.25. The fraction of sp³-hybridized carbons (Fsp3) is 0.500. The summed E-state index contributed by atoms with van der Waals surface area (Å²) in [5.41, 5.74) is 0. The molecule has 2 unspecified atom stereocenters. The number of rotatable bonds is 0. The second kappa shape index (κ2) is 2.20. The molecule has 1 aliphatic heterocycles. The number of allylic oxidation sites excluding steroid dienone is 2. The van der Waals surface area contributed by atoms with E-state index in [-0.39, 0.29) is 5.83 Å². The summed E-state index contributed by atoms with van der Waals surface area (Å²) in [7, 11) is 0. The molecule has 1 heterocycles. The quantitative estimate of drug-likeness (QED) is 0.532. The Labute approximate surface area is 59.6 Å². The maximum absolute atomic E-state index is 12.6. The zero-order chi connectivity index (χ0) is 6.97. The van der Waals surface area contributed by atoms with E-state index in [9.17, 15) is 4.39 Å². The highest BCUT2D eigenvalue weighted by molar-refractivity contribution is 5.22. The first kappa shape index (κ1) is 6.10. The van der Waals surface area contributed by atoms with E-state index < -0.39 is 0 Å². The fourth-order valence-electron chi connectivity index (χ4n) is 1.59. The molecular weight excluding hydrogens is 129 g/mol. The second-order valence-corrected chi connectivity index (χ2v) is 2.90. The van der Waals surface area contributed by atoms with Crippen LogP contribution in [0.5, 0.6) is 0 Å². The molecule has 1 fully saturated rings. The van der Waals surface area contributed by atoms with Crippen LogP contribution in [0.1, 0.15) is 0 Å². The van der Waals surface area contributed by atoms with Gasteiger partial charge in [-0.2, -0.15) is 0 Å². The van der Waals surface area contributed by atoms with Gasteiger partial charge in [-0.1, -0.05) is 6.08 Å². The van der Waals surface area contributed by atoms with Gasteiger partial charge in [0.1, 0.15) is 5.83 Å². The van der Waals surface area contributed by atoms with E-state index in [4.69, 9.17) is 0 Å². The highest BCUT2D eigenvalue weighted by Crippen LogP contribution is 2.25. The Morgan fingerprint density at radius 3 is 3.10 bits per heavy atom. The minimum Gasteiger partial charge on any atom is -0.316 e. The Morgan fingerprint density at radius 2 is 2.20 bits per heavy atom.